The van der Waals surface area contributed by atoms with E-state index >= 15 is 0 Å². The highest BCUT2D eigenvalue weighted by Gasteiger charge is 2.48. The van der Waals surface area contributed by atoms with Crippen molar-refractivity contribution in [3.05, 3.63) is 35.0 Å². The molecule has 0 spiro atoms. The lowest BCUT2D eigenvalue weighted by atomic mass is 9.84. The average Bonchev–Trinajstić information content (AvgIpc) is 3.22. The zero-order valence-electron chi connectivity index (χ0n) is 13.0. The average molecular weight is 332 g/mol. The Morgan fingerprint density at radius 1 is 1.35 bits per heavy atom. The highest BCUT2D eigenvalue weighted by Crippen LogP contribution is 2.47. The minimum atomic E-state index is 0.0196. The zero-order chi connectivity index (χ0) is 16.0. The zero-order valence-corrected chi connectivity index (χ0v) is 13.8. The summed E-state index contributed by atoms with van der Waals surface area (Å²) in [6.45, 7) is 0.638. The van der Waals surface area contributed by atoms with Gasteiger partial charge < -0.3 is 16.0 Å². The summed E-state index contributed by atoms with van der Waals surface area (Å²) in [5.74, 6) is 1.22. The van der Waals surface area contributed by atoms with Gasteiger partial charge in [0, 0.05) is 34.7 Å². The van der Waals surface area contributed by atoms with E-state index in [1.165, 1.54) is 12.0 Å². The van der Waals surface area contributed by atoms with Crippen molar-refractivity contribution in [1.82, 2.24) is 10.3 Å². The summed E-state index contributed by atoms with van der Waals surface area (Å²) in [6.07, 6.45) is 6.29. The molecule has 0 radical (unpaired) electrons. The molecule has 5 heteroatoms. The smallest absolute Gasteiger partial charge is 0.224 e. The second kappa shape index (κ2) is 5.84. The number of nitrogens with one attached hydrogen (secondary N) is 2. The standard InChI is InChI=1S/C18H22ClN3O/c19-13-3-4-15-14(8-13)12(9-22-15)5-6-21-18(23)16-10-1-2-11(7-10)17(16)20/h3-4,8-11,16-17,22H,1-2,5-7,20H2,(H,21,23). The van der Waals surface area contributed by atoms with Crippen molar-refractivity contribution in [2.45, 2.75) is 31.7 Å². The monoisotopic (exact) mass is 331 g/mol. The highest BCUT2D eigenvalue weighted by molar-refractivity contribution is 6.31. The molecule has 2 saturated carbocycles. The van der Waals surface area contributed by atoms with Gasteiger partial charge >= 0.3 is 0 Å². The molecule has 1 aromatic carbocycles. The Hall–Kier alpha value is -1.52. The van der Waals surface area contributed by atoms with E-state index in [2.05, 4.69) is 10.3 Å². The first kappa shape index (κ1) is 15.0. The minimum absolute atomic E-state index is 0.0196. The van der Waals surface area contributed by atoms with E-state index in [0.29, 0.717) is 18.4 Å². The van der Waals surface area contributed by atoms with Crippen molar-refractivity contribution in [2.24, 2.45) is 23.5 Å². The number of fused-ring (bicyclic) bond motifs is 3. The molecule has 2 aliphatic rings. The summed E-state index contributed by atoms with van der Waals surface area (Å²) in [7, 11) is 0. The van der Waals surface area contributed by atoms with Crippen molar-refractivity contribution < 1.29 is 4.79 Å². The summed E-state index contributed by atoms with van der Waals surface area (Å²) < 4.78 is 0. The van der Waals surface area contributed by atoms with Crippen molar-refractivity contribution in [2.75, 3.05) is 6.54 Å². The molecular weight excluding hydrogens is 310 g/mol. The number of rotatable bonds is 4. The lowest BCUT2D eigenvalue weighted by Crippen LogP contribution is -2.45. The number of benzene rings is 1. The number of H-pyrrole nitrogens is 1. The van der Waals surface area contributed by atoms with E-state index in [1.807, 2.05) is 24.4 Å². The van der Waals surface area contributed by atoms with Crippen molar-refractivity contribution in [3.63, 3.8) is 0 Å². The van der Waals surface area contributed by atoms with Crippen LogP contribution in [0.3, 0.4) is 0 Å². The molecular formula is C18H22ClN3O. The van der Waals surface area contributed by atoms with Crippen LogP contribution in [0.2, 0.25) is 5.02 Å². The summed E-state index contributed by atoms with van der Waals surface area (Å²) >= 11 is 6.07. The Balaban J connectivity index is 1.38. The third-order valence-corrected chi connectivity index (χ3v) is 5.94. The number of halogens is 1. The second-order valence-corrected chi connectivity index (χ2v) is 7.42. The van der Waals surface area contributed by atoms with E-state index < -0.39 is 0 Å². The number of hydrogen-bond acceptors (Lipinski definition) is 2. The molecule has 4 unspecified atom stereocenters. The number of carbonyl (C=O) groups excluding carboxylic acids is 1. The normalized spacial score (nSPS) is 29.3. The first-order valence-corrected chi connectivity index (χ1v) is 8.80. The fourth-order valence-electron chi connectivity index (χ4n) is 4.52. The maximum Gasteiger partial charge on any atom is 0.224 e. The second-order valence-electron chi connectivity index (χ2n) is 6.98. The summed E-state index contributed by atoms with van der Waals surface area (Å²) in [6, 6.07) is 5.88. The Kier molecular flexibility index (Phi) is 3.82. The molecule has 4 N–H and O–H groups in total. The first-order chi connectivity index (χ1) is 11.1. The van der Waals surface area contributed by atoms with E-state index in [9.17, 15) is 4.79 Å². The topological polar surface area (TPSA) is 70.9 Å². The van der Waals surface area contributed by atoms with Gasteiger partial charge in [0.2, 0.25) is 5.91 Å². The van der Waals surface area contributed by atoms with Gasteiger partial charge in [0.05, 0.1) is 5.92 Å². The fraction of sp³-hybridized carbons (Fsp3) is 0.500. The van der Waals surface area contributed by atoms with E-state index in [4.69, 9.17) is 17.3 Å². The molecule has 0 aliphatic heterocycles. The van der Waals surface area contributed by atoms with Crippen LogP contribution in [-0.2, 0) is 11.2 Å². The number of aromatic nitrogens is 1. The summed E-state index contributed by atoms with van der Waals surface area (Å²) in [4.78, 5) is 15.7. The van der Waals surface area contributed by atoms with Gasteiger partial charge in [0.15, 0.2) is 0 Å². The molecule has 2 bridgehead atoms. The number of nitrogens with two attached hydrogens (primary N) is 1. The van der Waals surface area contributed by atoms with Crippen LogP contribution in [0.15, 0.2) is 24.4 Å². The molecule has 4 atom stereocenters. The summed E-state index contributed by atoms with van der Waals surface area (Å²) in [5, 5.41) is 4.95. The van der Waals surface area contributed by atoms with Gasteiger partial charge in [0.25, 0.3) is 0 Å². The van der Waals surface area contributed by atoms with Gasteiger partial charge in [-0.2, -0.15) is 0 Å². The molecule has 1 heterocycles. The molecule has 2 aliphatic carbocycles. The molecule has 2 fully saturated rings. The van der Waals surface area contributed by atoms with Crippen LogP contribution in [0.5, 0.6) is 0 Å². The molecule has 4 rings (SSSR count). The molecule has 2 aromatic rings. The number of aromatic amines is 1. The highest BCUT2D eigenvalue weighted by atomic mass is 35.5. The minimum Gasteiger partial charge on any atom is -0.361 e. The predicted molar refractivity (Wildman–Crippen MR) is 92.3 cm³/mol. The van der Waals surface area contributed by atoms with Crippen LogP contribution >= 0.6 is 11.6 Å². The molecule has 1 amide bonds. The first-order valence-electron chi connectivity index (χ1n) is 8.42. The van der Waals surface area contributed by atoms with Crippen molar-refractivity contribution >= 4 is 28.4 Å². The molecule has 23 heavy (non-hydrogen) atoms. The van der Waals surface area contributed by atoms with Gasteiger partial charge in [0.1, 0.15) is 0 Å². The fourth-order valence-corrected chi connectivity index (χ4v) is 4.69. The SMILES string of the molecule is NC1C2CCC(C2)C1C(=O)NCCc1c[nH]c2ccc(Cl)cc12. The largest absolute Gasteiger partial charge is 0.361 e. The van der Waals surface area contributed by atoms with Crippen molar-refractivity contribution in [3.8, 4) is 0 Å². The number of carbonyl (C=O) groups is 1. The van der Waals surface area contributed by atoms with Gasteiger partial charge in [-0.25, -0.2) is 0 Å². The van der Waals surface area contributed by atoms with Crippen LogP contribution in [0, 0.1) is 17.8 Å². The van der Waals surface area contributed by atoms with Crippen LogP contribution in [0.25, 0.3) is 10.9 Å². The van der Waals surface area contributed by atoms with Crippen LogP contribution < -0.4 is 11.1 Å². The lowest BCUT2D eigenvalue weighted by molar-refractivity contribution is -0.127. The quantitative estimate of drug-likeness (QED) is 0.806. The van der Waals surface area contributed by atoms with Gasteiger partial charge in [-0.05, 0) is 61.3 Å². The third kappa shape index (κ3) is 2.64. The number of hydrogen-bond donors (Lipinski definition) is 3. The maximum absolute atomic E-state index is 12.5. The van der Waals surface area contributed by atoms with E-state index in [1.54, 1.807) is 0 Å². The Labute approximate surface area is 140 Å². The van der Waals surface area contributed by atoms with Gasteiger partial charge in [-0.1, -0.05) is 11.6 Å². The lowest BCUT2D eigenvalue weighted by Gasteiger charge is -2.27. The molecule has 122 valence electrons. The molecule has 1 aromatic heterocycles. The van der Waals surface area contributed by atoms with E-state index in [-0.39, 0.29) is 17.9 Å². The van der Waals surface area contributed by atoms with Crippen LogP contribution in [-0.4, -0.2) is 23.5 Å². The van der Waals surface area contributed by atoms with E-state index in [0.717, 1.165) is 35.2 Å². The molecule has 4 nitrogen and oxygen atoms in total. The van der Waals surface area contributed by atoms with Gasteiger partial charge in [-0.3, -0.25) is 4.79 Å². The molecule has 0 saturated heterocycles. The Morgan fingerprint density at radius 2 is 2.17 bits per heavy atom. The number of amides is 1. The van der Waals surface area contributed by atoms with Crippen LogP contribution in [0.1, 0.15) is 24.8 Å². The Bertz CT molecular complexity index is 739. The Morgan fingerprint density at radius 3 is 2.96 bits per heavy atom. The van der Waals surface area contributed by atoms with Crippen molar-refractivity contribution in [1.29, 1.82) is 0 Å². The predicted octanol–water partition coefficient (Wildman–Crippen LogP) is 2.85. The van der Waals surface area contributed by atoms with Gasteiger partial charge in [-0.15, -0.1) is 0 Å². The summed E-state index contributed by atoms with van der Waals surface area (Å²) in [5.41, 5.74) is 8.50. The third-order valence-electron chi connectivity index (χ3n) is 5.71. The maximum atomic E-state index is 12.5. The van der Waals surface area contributed by atoms with Crippen LogP contribution in [0.4, 0.5) is 0 Å².